The first-order valence-electron chi connectivity index (χ1n) is 5.87. The average molecular weight is 225 g/mol. The summed E-state index contributed by atoms with van der Waals surface area (Å²) in [4.78, 5) is 13.6. The standard InChI is InChI=1S/C12H23N3O/c1-10(2)14-12(16)6-9-15(11(3)4)8-5-7-13/h10-11H,5-6,8-9H2,1-4H3,(H,14,16). The molecule has 0 unspecified atom stereocenters. The summed E-state index contributed by atoms with van der Waals surface area (Å²) in [6.07, 6.45) is 1.02. The van der Waals surface area contributed by atoms with Crippen LogP contribution in [0.1, 0.15) is 40.5 Å². The molecule has 4 heteroatoms. The van der Waals surface area contributed by atoms with Gasteiger partial charge in [-0.3, -0.25) is 9.69 Å². The zero-order chi connectivity index (χ0) is 12.6. The Kier molecular flexibility index (Phi) is 7.57. The van der Waals surface area contributed by atoms with Crippen LogP contribution in [0.2, 0.25) is 0 Å². The number of hydrogen-bond donors (Lipinski definition) is 1. The van der Waals surface area contributed by atoms with Crippen molar-refractivity contribution in [3.63, 3.8) is 0 Å². The van der Waals surface area contributed by atoms with E-state index < -0.39 is 0 Å². The third kappa shape index (κ3) is 7.24. The maximum atomic E-state index is 11.5. The highest BCUT2D eigenvalue weighted by Gasteiger charge is 2.11. The highest BCUT2D eigenvalue weighted by Crippen LogP contribution is 2.01. The van der Waals surface area contributed by atoms with Gasteiger partial charge in [0.2, 0.25) is 5.91 Å². The van der Waals surface area contributed by atoms with Crippen molar-refractivity contribution < 1.29 is 4.79 Å². The summed E-state index contributed by atoms with van der Waals surface area (Å²) in [6.45, 7) is 9.53. The van der Waals surface area contributed by atoms with Crippen molar-refractivity contribution in [3.8, 4) is 6.07 Å². The van der Waals surface area contributed by atoms with E-state index >= 15 is 0 Å². The van der Waals surface area contributed by atoms with E-state index in [9.17, 15) is 4.79 Å². The third-order valence-electron chi connectivity index (χ3n) is 2.32. The summed E-state index contributed by atoms with van der Waals surface area (Å²) in [5, 5.41) is 11.4. The van der Waals surface area contributed by atoms with Crippen molar-refractivity contribution in [2.75, 3.05) is 13.1 Å². The van der Waals surface area contributed by atoms with Gasteiger partial charge >= 0.3 is 0 Å². The van der Waals surface area contributed by atoms with Crippen LogP contribution in [0.4, 0.5) is 0 Å². The molecule has 0 saturated heterocycles. The lowest BCUT2D eigenvalue weighted by Crippen LogP contribution is -2.37. The molecule has 16 heavy (non-hydrogen) atoms. The summed E-state index contributed by atoms with van der Waals surface area (Å²) in [5.41, 5.74) is 0. The van der Waals surface area contributed by atoms with Gasteiger partial charge in [-0.05, 0) is 27.7 Å². The average Bonchev–Trinajstić information content (AvgIpc) is 2.16. The predicted octanol–water partition coefficient (Wildman–Crippen LogP) is 1.53. The van der Waals surface area contributed by atoms with Crippen LogP contribution in [-0.2, 0) is 4.79 Å². The molecule has 0 aliphatic carbocycles. The quantitative estimate of drug-likeness (QED) is 0.715. The van der Waals surface area contributed by atoms with E-state index in [0.29, 0.717) is 18.9 Å². The Morgan fingerprint density at radius 1 is 1.31 bits per heavy atom. The van der Waals surface area contributed by atoms with Crippen LogP contribution >= 0.6 is 0 Å². The molecule has 1 N–H and O–H groups in total. The molecule has 0 aromatic rings. The largest absolute Gasteiger partial charge is 0.354 e. The van der Waals surface area contributed by atoms with Crippen LogP contribution in [-0.4, -0.2) is 36.0 Å². The predicted molar refractivity (Wildman–Crippen MR) is 64.8 cm³/mol. The zero-order valence-electron chi connectivity index (χ0n) is 10.8. The van der Waals surface area contributed by atoms with Crippen molar-refractivity contribution in [2.45, 2.75) is 52.6 Å². The Labute approximate surface area is 98.6 Å². The fraction of sp³-hybridized carbons (Fsp3) is 0.833. The van der Waals surface area contributed by atoms with Crippen molar-refractivity contribution in [2.24, 2.45) is 0 Å². The molecule has 0 heterocycles. The molecule has 0 spiro atoms. The third-order valence-corrected chi connectivity index (χ3v) is 2.32. The molecule has 0 bridgehead atoms. The maximum absolute atomic E-state index is 11.5. The number of carbonyl (C=O) groups is 1. The molecule has 0 saturated carbocycles. The minimum Gasteiger partial charge on any atom is -0.354 e. The number of nitrogens with zero attached hydrogens (tertiary/aromatic N) is 2. The highest BCUT2D eigenvalue weighted by atomic mass is 16.1. The Bertz CT molecular complexity index is 243. The lowest BCUT2D eigenvalue weighted by atomic mass is 10.2. The molecule has 0 aliphatic rings. The van der Waals surface area contributed by atoms with Crippen LogP contribution in [0.5, 0.6) is 0 Å². The van der Waals surface area contributed by atoms with E-state index in [1.165, 1.54) is 0 Å². The van der Waals surface area contributed by atoms with Crippen molar-refractivity contribution in [3.05, 3.63) is 0 Å². The molecule has 92 valence electrons. The lowest BCUT2D eigenvalue weighted by Gasteiger charge is -2.25. The highest BCUT2D eigenvalue weighted by molar-refractivity contribution is 5.76. The number of carbonyl (C=O) groups excluding carboxylic acids is 1. The molecule has 4 nitrogen and oxygen atoms in total. The summed E-state index contributed by atoms with van der Waals surface area (Å²) >= 11 is 0. The lowest BCUT2D eigenvalue weighted by molar-refractivity contribution is -0.122. The number of nitrogens with one attached hydrogen (secondary N) is 1. The second-order valence-electron chi connectivity index (χ2n) is 4.51. The van der Waals surface area contributed by atoms with Gasteiger partial charge in [0.05, 0.1) is 6.07 Å². The van der Waals surface area contributed by atoms with Gasteiger partial charge in [-0.25, -0.2) is 0 Å². The van der Waals surface area contributed by atoms with Gasteiger partial charge in [0.25, 0.3) is 0 Å². The van der Waals surface area contributed by atoms with Crippen LogP contribution in [0.25, 0.3) is 0 Å². The molecule has 0 aliphatic heterocycles. The number of nitriles is 1. The van der Waals surface area contributed by atoms with E-state index in [1.54, 1.807) is 0 Å². The minimum atomic E-state index is 0.0811. The van der Waals surface area contributed by atoms with Gasteiger partial charge in [0, 0.05) is 38.0 Å². The first-order valence-corrected chi connectivity index (χ1v) is 5.87. The first kappa shape index (κ1) is 14.9. The van der Waals surface area contributed by atoms with E-state index in [-0.39, 0.29) is 11.9 Å². The van der Waals surface area contributed by atoms with E-state index in [2.05, 4.69) is 30.1 Å². The Morgan fingerprint density at radius 3 is 2.38 bits per heavy atom. The normalized spacial score (nSPS) is 10.9. The number of hydrogen-bond acceptors (Lipinski definition) is 3. The molecule has 0 rings (SSSR count). The van der Waals surface area contributed by atoms with Crippen molar-refractivity contribution in [1.29, 1.82) is 5.26 Å². The molecule has 0 atom stereocenters. The van der Waals surface area contributed by atoms with Crippen molar-refractivity contribution >= 4 is 5.91 Å². The zero-order valence-corrected chi connectivity index (χ0v) is 10.8. The Balaban J connectivity index is 3.93. The van der Waals surface area contributed by atoms with Crippen LogP contribution in [0.15, 0.2) is 0 Å². The topological polar surface area (TPSA) is 56.1 Å². The Hall–Kier alpha value is -1.08. The van der Waals surface area contributed by atoms with Crippen molar-refractivity contribution in [1.82, 2.24) is 10.2 Å². The Morgan fingerprint density at radius 2 is 1.94 bits per heavy atom. The number of rotatable bonds is 7. The van der Waals surface area contributed by atoms with Crippen LogP contribution in [0.3, 0.4) is 0 Å². The van der Waals surface area contributed by atoms with Gasteiger partial charge in [-0.1, -0.05) is 0 Å². The SMILES string of the molecule is CC(C)NC(=O)CCN(CCC#N)C(C)C. The minimum absolute atomic E-state index is 0.0811. The molecule has 0 radical (unpaired) electrons. The van der Waals surface area contributed by atoms with Crippen LogP contribution < -0.4 is 5.32 Å². The summed E-state index contributed by atoms with van der Waals surface area (Å²) < 4.78 is 0. The van der Waals surface area contributed by atoms with E-state index in [4.69, 9.17) is 5.26 Å². The van der Waals surface area contributed by atoms with Crippen LogP contribution in [0, 0.1) is 11.3 Å². The molecular formula is C12H23N3O. The van der Waals surface area contributed by atoms with Gasteiger partial charge in [0.1, 0.15) is 0 Å². The maximum Gasteiger partial charge on any atom is 0.221 e. The number of amides is 1. The monoisotopic (exact) mass is 225 g/mol. The molecule has 0 aromatic heterocycles. The fourth-order valence-corrected chi connectivity index (χ4v) is 1.46. The summed E-state index contributed by atoms with van der Waals surface area (Å²) in [7, 11) is 0. The second kappa shape index (κ2) is 8.12. The van der Waals surface area contributed by atoms with E-state index in [1.807, 2.05) is 13.8 Å². The van der Waals surface area contributed by atoms with Gasteiger partial charge in [0.15, 0.2) is 0 Å². The van der Waals surface area contributed by atoms with Gasteiger partial charge < -0.3 is 5.32 Å². The van der Waals surface area contributed by atoms with E-state index in [0.717, 1.165) is 13.1 Å². The summed E-state index contributed by atoms with van der Waals surface area (Å²) in [6, 6.07) is 2.70. The molecule has 0 aromatic carbocycles. The first-order chi connectivity index (χ1) is 7.47. The van der Waals surface area contributed by atoms with Gasteiger partial charge in [-0.15, -0.1) is 0 Å². The smallest absolute Gasteiger partial charge is 0.221 e. The second-order valence-corrected chi connectivity index (χ2v) is 4.51. The van der Waals surface area contributed by atoms with Gasteiger partial charge in [-0.2, -0.15) is 5.26 Å². The summed E-state index contributed by atoms with van der Waals surface area (Å²) in [5.74, 6) is 0.0811. The molecule has 1 amide bonds. The molecule has 0 fully saturated rings. The molecular weight excluding hydrogens is 202 g/mol. The fourth-order valence-electron chi connectivity index (χ4n) is 1.46.